The number of carbonyl (C=O) groups excluding carboxylic acids is 2. The Morgan fingerprint density at radius 3 is 1.96 bits per heavy atom. The van der Waals surface area contributed by atoms with Gasteiger partial charge >= 0.3 is 11.9 Å². The van der Waals surface area contributed by atoms with E-state index in [2.05, 4.69) is 4.72 Å². The third-order valence-electron chi connectivity index (χ3n) is 3.24. The van der Waals surface area contributed by atoms with Crippen molar-refractivity contribution < 1.29 is 27.5 Å². The van der Waals surface area contributed by atoms with Crippen LogP contribution in [0.4, 0.5) is 5.69 Å². The zero-order valence-corrected chi connectivity index (χ0v) is 18.1. The van der Waals surface area contributed by atoms with Gasteiger partial charge in [-0.1, -0.05) is 0 Å². The number of nitrogen functional groups attached to an aromatic ring is 1. The second-order valence-corrected chi connectivity index (χ2v) is 10.1. The molecule has 0 radical (unpaired) electrons. The lowest BCUT2D eigenvalue weighted by Crippen LogP contribution is -2.44. The minimum Gasteiger partial charge on any atom is -0.460 e. The topological polar surface area (TPSA) is 125 Å². The van der Waals surface area contributed by atoms with Gasteiger partial charge in [0.15, 0.2) is 0 Å². The number of carbonyl (C=O) groups is 2. The van der Waals surface area contributed by atoms with E-state index >= 15 is 0 Å². The minimum atomic E-state index is -4.02. The molecule has 9 heteroatoms. The molecule has 0 saturated heterocycles. The van der Waals surface area contributed by atoms with Crippen LogP contribution in [0.5, 0.6) is 0 Å². The Hall–Kier alpha value is -2.13. The molecular weight excluding hydrogens is 384 g/mol. The van der Waals surface area contributed by atoms with Crippen molar-refractivity contribution in [2.24, 2.45) is 0 Å². The Morgan fingerprint density at radius 2 is 1.50 bits per heavy atom. The summed E-state index contributed by atoms with van der Waals surface area (Å²) < 4.78 is 38.1. The molecular formula is C19H30N2O6S. The van der Waals surface area contributed by atoms with Crippen LogP contribution in [0.3, 0.4) is 0 Å². The minimum absolute atomic E-state index is 0.0486. The first kappa shape index (κ1) is 23.9. The molecule has 8 nitrogen and oxygen atoms in total. The van der Waals surface area contributed by atoms with Crippen LogP contribution in [0.25, 0.3) is 0 Å². The largest absolute Gasteiger partial charge is 0.460 e. The van der Waals surface area contributed by atoms with E-state index in [-0.39, 0.29) is 17.7 Å². The van der Waals surface area contributed by atoms with Gasteiger partial charge in [0.05, 0.1) is 4.90 Å². The van der Waals surface area contributed by atoms with Crippen molar-refractivity contribution in [3.63, 3.8) is 0 Å². The highest BCUT2D eigenvalue weighted by Gasteiger charge is 2.31. The number of nitrogens with two attached hydrogens (primary N) is 1. The molecule has 0 aliphatic rings. The first-order valence-corrected chi connectivity index (χ1v) is 10.4. The Bertz CT molecular complexity index is 789. The van der Waals surface area contributed by atoms with Gasteiger partial charge in [0.2, 0.25) is 10.0 Å². The fourth-order valence-corrected chi connectivity index (χ4v) is 3.37. The summed E-state index contributed by atoms with van der Waals surface area (Å²) in [5.74, 6) is -1.30. The summed E-state index contributed by atoms with van der Waals surface area (Å²) >= 11 is 0. The van der Waals surface area contributed by atoms with Crippen molar-refractivity contribution in [2.75, 3.05) is 5.73 Å². The number of benzene rings is 1. The van der Waals surface area contributed by atoms with Crippen LogP contribution in [0.1, 0.15) is 54.4 Å². The molecule has 28 heavy (non-hydrogen) atoms. The van der Waals surface area contributed by atoms with Gasteiger partial charge in [-0.25, -0.2) is 8.42 Å². The average Bonchev–Trinajstić information content (AvgIpc) is 2.48. The molecule has 158 valence electrons. The fourth-order valence-electron chi connectivity index (χ4n) is 2.15. The summed E-state index contributed by atoms with van der Waals surface area (Å²) in [6, 6.07) is 4.31. The molecule has 1 aromatic rings. The molecule has 0 aliphatic carbocycles. The number of hydrogen-bond donors (Lipinski definition) is 2. The van der Waals surface area contributed by atoms with Crippen LogP contribution in [0.2, 0.25) is 0 Å². The highest BCUT2D eigenvalue weighted by molar-refractivity contribution is 7.89. The smallest absolute Gasteiger partial charge is 0.324 e. The van der Waals surface area contributed by atoms with Gasteiger partial charge in [-0.05, 0) is 72.2 Å². The molecule has 1 aromatic carbocycles. The van der Waals surface area contributed by atoms with Crippen LogP contribution in [0, 0.1) is 0 Å². The molecule has 0 aliphatic heterocycles. The average molecular weight is 415 g/mol. The summed E-state index contributed by atoms with van der Waals surface area (Å²) in [5, 5.41) is 0. The zero-order chi connectivity index (χ0) is 21.8. The molecule has 1 unspecified atom stereocenters. The first-order chi connectivity index (χ1) is 12.6. The molecule has 1 atom stereocenters. The van der Waals surface area contributed by atoms with E-state index in [9.17, 15) is 18.0 Å². The van der Waals surface area contributed by atoms with E-state index < -0.39 is 39.2 Å². The van der Waals surface area contributed by atoms with E-state index in [1.165, 1.54) is 24.3 Å². The third kappa shape index (κ3) is 8.71. The maximum absolute atomic E-state index is 12.6. The normalized spacial score (nSPS) is 13.6. The number of nitrogens with one attached hydrogen (secondary N) is 1. The maximum atomic E-state index is 12.6. The van der Waals surface area contributed by atoms with Crippen LogP contribution in [-0.4, -0.2) is 37.6 Å². The monoisotopic (exact) mass is 414 g/mol. The van der Waals surface area contributed by atoms with Crippen LogP contribution >= 0.6 is 0 Å². The highest BCUT2D eigenvalue weighted by Crippen LogP contribution is 2.17. The van der Waals surface area contributed by atoms with Gasteiger partial charge in [0.1, 0.15) is 17.2 Å². The second-order valence-electron chi connectivity index (χ2n) is 8.40. The Labute approximate surface area is 166 Å². The van der Waals surface area contributed by atoms with Crippen LogP contribution in [-0.2, 0) is 29.1 Å². The molecule has 0 aromatic heterocycles. The second kappa shape index (κ2) is 8.91. The Balaban J connectivity index is 2.98. The van der Waals surface area contributed by atoms with Crippen molar-refractivity contribution >= 4 is 27.6 Å². The van der Waals surface area contributed by atoms with Crippen LogP contribution in [0.15, 0.2) is 29.2 Å². The molecule has 0 bridgehead atoms. The predicted molar refractivity (Wildman–Crippen MR) is 106 cm³/mol. The van der Waals surface area contributed by atoms with Crippen molar-refractivity contribution in [2.45, 2.75) is 76.5 Å². The summed E-state index contributed by atoms with van der Waals surface area (Å²) in [6.07, 6.45) is -0.247. The molecule has 0 fully saturated rings. The third-order valence-corrected chi connectivity index (χ3v) is 4.72. The fraction of sp³-hybridized carbons (Fsp3) is 0.579. The van der Waals surface area contributed by atoms with Gasteiger partial charge in [-0.2, -0.15) is 4.72 Å². The molecule has 1 rings (SSSR count). The van der Waals surface area contributed by atoms with Gasteiger partial charge < -0.3 is 15.2 Å². The number of esters is 2. The van der Waals surface area contributed by atoms with E-state index in [4.69, 9.17) is 15.2 Å². The number of ether oxygens (including phenoxy) is 2. The summed E-state index contributed by atoms with van der Waals surface area (Å²) in [4.78, 5) is 24.4. The molecule has 0 heterocycles. The van der Waals surface area contributed by atoms with E-state index in [0.717, 1.165) is 0 Å². The SMILES string of the molecule is CC(C)(C)OC(=O)CCC(NS(=O)(=O)c1ccc(N)cc1)C(=O)OC(C)(C)C. The number of rotatable bonds is 7. The number of hydrogen-bond acceptors (Lipinski definition) is 7. The standard InChI is InChI=1S/C19H30N2O6S/c1-18(2,3)26-16(22)12-11-15(17(23)27-19(4,5)6)21-28(24,25)14-9-7-13(20)8-10-14/h7-10,15,21H,11-12,20H2,1-6H3. The molecule has 0 amide bonds. The summed E-state index contributed by atoms with van der Waals surface area (Å²) in [6.45, 7) is 10.2. The first-order valence-electron chi connectivity index (χ1n) is 8.92. The Morgan fingerprint density at radius 1 is 1.00 bits per heavy atom. The highest BCUT2D eigenvalue weighted by atomic mass is 32.2. The molecule has 0 spiro atoms. The van der Waals surface area contributed by atoms with Gasteiger partial charge in [0, 0.05) is 12.1 Å². The lowest BCUT2D eigenvalue weighted by atomic mass is 10.1. The maximum Gasteiger partial charge on any atom is 0.324 e. The Kier molecular flexibility index (Phi) is 7.61. The van der Waals surface area contributed by atoms with Gasteiger partial charge in [-0.3, -0.25) is 9.59 Å². The number of anilines is 1. The quantitative estimate of drug-likeness (QED) is 0.518. The van der Waals surface area contributed by atoms with E-state index in [1.54, 1.807) is 41.5 Å². The van der Waals surface area contributed by atoms with E-state index in [0.29, 0.717) is 5.69 Å². The summed E-state index contributed by atoms with van der Waals surface area (Å²) in [7, 11) is -4.02. The van der Waals surface area contributed by atoms with Gasteiger partial charge in [0.25, 0.3) is 0 Å². The molecule has 3 N–H and O–H groups in total. The van der Waals surface area contributed by atoms with Crippen LogP contribution < -0.4 is 10.5 Å². The lowest BCUT2D eigenvalue weighted by molar-refractivity contribution is -0.158. The van der Waals surface area contributed by atoms with Crippen molar-refractivity contribution in [1.82, 2.24) is 4.72 Å². The summed E-state index contributed by atoms with van der Waals surface area (Å²) in [5.41, 5.74) is 4.50. The van der Waals surface area contributed by atoms with Crippen molar-refractivity contribution in [3.8, 4) is 0 Å². The zero-order valence-electron chi connectivity index (χ0n) is 17.2. The predicted octanol–water partition coefficient (Wildman–Crippen LogP) is 2.38. The number of sulfonamides is 1. The van der Waals surface area contributed by atoms with Gasteiger partial charge in [-0.15, -0.1) is 0 Å². The lowest BCUT2D eigenvalue weighted by Gasteiger charge is -2.25. The van der Waals surface area contributed by atoms with E-state index in [1.807, 2.05) is 0 Å². The van der Waals surface area contributed by atoms with Crippen molar-refractivity contribution in [1.29, 1.82) is 0 Å². The molecule has 0 saturated carbocycles. The van der Waals surface area contributed by atoms with Crippen molar-refractivity contribution in [3.05, 3.63) is 24.3 Å².